The second kappa shape index (κ2) is 9.36. The fourth-order valence-corrected chi connectivity index (χ4v) is 5.80. The largest absolute Gasteiger partial charge is 0.416 e. The van der Waals surface area contributed by atoms with E-state index in [1.54, 1.807) is 0 Å². The van der Waals surface area contributed by atoms with E-state index in [1.165, 1.54) is 23.9 Å². The zero-order chi connectivity index (χ0) is 24.6. The maximum Gasteiger partial charge on any atom is 0.416 e. The van der Waals surface area contributed by atoms with Crippen molar-refractivity contribution in [2.75, 3.05) is 11.4 Å². The van der Waals surface area contributed by atoms with E-state index in [1.807, 2.05) is 53.4 Å². The van der Waals surface area contributed by atoms with E-state index in [-0.39, 0.29) is 17.7 Å². The molecule has 5 rings (SSSR count). The molecule has 176 valence electrons. The Balaban J connectivity index is 1.36. The van der Waals surface area contributed by atoms with Crippen LogP contribution in [0.15, 0.2) is 76.5 Å². The summed E-state index contributed by atoms with van der Waals surface area (Å²) in [5, 5.41) is 1.52. The molecule has 4 nitrogen and oxygen atoms in total. The Morgan fingerprint density at radius 1 is 0.943 bits per heavy atom. The van der Waals surface area contributed by atoms with Gasteiger partial charge in [0.1, 0.15) is 0 Å². The first-order chi connectivity index (χ1) is 16.8. The molecule has 0 spiro atoms. The van der Waals surface area contributed by atoms with Crippen molar-refractivity contribution in [1.29, 1.82) is 0 Å². The van der Waals surface area contributed by atoms with Crippen LogP contribution in [-0.4, -0.2) is 22.9 Å². The summed E-state index contributed by atoms with van der Waals surface area (Å²) in [6.45, 7) is 0.217. The van der Waals surface area contributed by atoms with Gasteiger partial charge in [-0.3, -0.25) is 14.9 Å². The summed E-state index contributed by atoms with van der Waals surface area (Å²) >= 11 is 2.43. The number of alkyl halides is 3. The van der Waals surface area contributed by atoms with E-state index < -0.39 is 17.0 Å². The van der Waals surface area contributed by atoms with Crippen LogP contribution in [0.4, 0.5) is 29.3 Å². The van der Waals surface area contributed by atoms with Crippen molar-refractivity contribution in [2.24, 2.45) is 0 Å². The second-order valence-corrected chi connectivity index (χ2v) is 10.2. The number of carbonyl (C=O) groups excluding carboxylic acids is 2. The second-order valence-electron chi connectivity index (χ2n) is 7.92. The number of benzene rings is 3. The molecule has 35 heavy (non-hydrogen) atoms. The number of thioether (sulfide) groups is 1. The number of nitrogens with zero attached hydrogens (tertiary/aromatic N) is 1. The Morgan fingerprint density at radius 3 is 2.40 bits per heavy atom. The number of halogens is 3. The summed E-state index contributed by atoms with van der Waals surface area (Å²) in [6, 6.07) is 18.7. The summed E-state index contributed by atoms with van der Waals surface area (Å²) < 4.78 is 40.1. The van der Waals surface area contributed by atoms with Crippen molar-refractivity contribution in [3.63, 3.8) is 0 Å². The normalized spacial score (nSPS) is 16.8. The highest BCUT2D eigenvalue weighted by Crippen LogP contribution is 2.49. The molecular weight excluding hydrogens is 493 g/mol. The average molecular weight is 511 g/mol. The van der Waals surface area contributed by atoms with E-state index in [2.05, 4.69) is 17.2 Å². The molecule has 0 aromatic heterocycles. The lowest BCUT2D eigenvalue weighted by Crippen LogP contribution is -2.25. The number of rotatable bonds is 3. The van der Waals surface area contributed by atoms with E-state index in [4.69, 9.17) is 0 Å². The van der Waals surface area contributed by atoms with Gasteiger partial charge in [-0.1, -0.05) is 59.6 Å². The maximum absolute atomic E-state index is 13.4. The van der Waals surface area contributed by atoms with Crippen molar-refractivity contribution >= 4 is 46.0 Å². The number of para-hydroxylation sites is 1. The van der Waals surface area contributed by atoms with E-state index in [9.17, 15) is 22.8 Å². The fraction of sp³-hybridized carbons (Fsp3) is 0.154. The third-order valence-electron chi connectivity index (χ3n) is 5.56. The van der Waals surface area contributed by atoms with Gasteiger partial charge in [-0.05, 0) is 54.4 Å². The number of nitrogens with one attached hydrogen (secondary N) is 1. The van der Waals surface area contributed by atoms with Crippen LogP contribution >= 0.6 is 23.5 Å². The maximum atomic E-state index is 13.4. The lowest BCUT2D eigenvalue weighted by molar-refractivity contribution is -0.137. The van der Waals surface area contributed by atoms with Crippen molar-refractivity contribution in [3.8, 4) is 11.8 Å². The minimum Gasteiger partial charge on any atom is -0.328 e. The number of imide groups is 1. The van der Waals surface area contributed by atoms with Crippen LogP contribution in [0.3, 0.4) is 0 Å². The Bertz CT molecular complexity index is 1380. The molecule has 1 saturated heterocycles. The highest BCUT2D eigenvalue weighted by molar-refractivity contribution is 8.15. The quantitative estimate of drug-likeness (QED) is 0.422. The smallest absolute Gasteiger partial charge is 0.328 e. The van der Waals surface area contributed by atoms with Gasteiger partial charge in [0.15, 0.2) is 0 Å². The van der Waals surface area contributed by atoms with Crippen molar-refractivity contribution in [2.45, 2.75) is 27.6 Å². The van der Waals surface area contributed by atoms with Crippen LogP contribution in [0.2, 0.25) is 0 Å². The molecule has 0 saturated carbocycles. The number of amides is 2. The zero-order valence-electron chi connectivity index (χ0n) is 18.1. The van der Waals surface area contributed by atoms with Crippen molar-refractivity contribution in [1.82, 2.24) is 5.32 Å². The summed E-state index contributed by atoms with van der Waals surface area (Å²) in [6.07, 6.45) is -3.99. The van der Waals surface area contributed by atoms with E-state index in [0.717, 1.165) is 44.4 Å². The molecule has 1 atom stereocenters. The predicted molar refractivity (Wildman–Crippen MR) is 131 cm³/mol. The number of hydrogen-bond donors (Lipinski definition) is 1. The van der Waals surface area contributed by atoms with Gasteiger partial charge in [0.05, 0.1) is 28.7 Å². The summed E-state index contributed by atoms with van der Waals surface area (Å²) in [7, 11) is 0. The minimum atomic E-state index is -4.43. The SMILES string of the molecule is O=C1NC(=O)C(Cc2ccc(C#CCN3c4ccccc4Sc4ccc(C(F)(F)F)cc43)cc2)S1. The Hall–Kier alpha value is -3.35. The molecule has 2 aliphatic heterocycles. The molecule has 9 heteroatoms. The lowest BCUT2D eigenvalue weighted by Gasteiger charge is -2.31. The molecule has 1 N–H and O–H groups in total. The predicted octanol–water partition coefficient (Wildman–Crippen LogP) is 6.25. The molecule has 3 aromatic carbocycles. The Labute approximate surface area is 208 Å². The first-order valence-corrected chi connectivity index (χ1v) is 12.3. The fourth-order valence-electron chi connectivity index (χ4n) is 3.86. The highest BCUT2D eigenvalue weighted by atomic mass is 32.2. The topological polar surface area (TPSA) is 49.4 Å². The molecule has 2 heterocycles. The molecule has 0 bridgehead atoms. The standard InChI is InChI=1S/C26H17F3N2O2S2/c27-26(28,29)18-11-12-22-20(15-18)31(19-5-1-2-6-21(19)34-22)13-3-4-16-7-9-17(10-8-16)14-23-24(32)30-25(33)35-23/h1-2,5-12,15,23H,13-14H2,(H,30,32,33). The molecule has 3 aromatic rings. The van der Waals surface area contributed by atoms with Crippen molar-refractivity contribution < 1.29 is 22.8 Å². The van der Waals surface area contributed by atoms with Crippen LogP contribution in [0.1, 0.15) is 16.7 Å². The molecule has 2 amide bonds. The highest BCUT2D eigenvalue weighted by Gasteiger charge is 2.33. The van der Waals surface area contributed by atoms with Gasteiger partial charge >= 0.3 is 6.18 Å². The molecular formula is C26H17F3N2O2S2. The molecule has 0 aliphatic carbocycles. The number of hydrogen-bond acceptors (Lipinski definition) is 5. The first kappa shape index (κ1) is 23.4. The number of fused-ring (bicyclic) bond motifs is 2. The van der Waals surface area contributed by atoms with Gasteiger partial charge in [-0.15, -0.1) is 0 Å². The van der Waals surface area contributed by atoms with Crippen LogP contribution in [0.25, 0.3) is 0 Å². The molecule has 1 fully saturated rings. The number of carbonyl (C=O) groups is 2. The summed E-state index contributed by atoms with van der Waals surface area (Å²) in [5.74, 6) is 5.89. The van der Waals surface area contributed by atoms with Gasteiger partial charge in [-0.2, -0.15) is 13.2 Å². The van der Waals surface area contributed by atoms with Crippen molar-refractivity contribution in [3.05, 3.63) is 83.4 Å². The zero-order valence-corrected chi connectivity index (χ0v) is 19.7. The van der Waals surface area contributed by atoms with Gasteiger partial charge in [0.25, 0.3) is 5.24 Å². The van der Waals surface area contributed by atoms with E-state index >= 15 is 0 Å². The van der Waals surface area contributed by atoms with Gasteiger partial charge in [0, 0.05) is 15.4 Å². The van der Waals surface area contributed by atoms with Crippen LogP contribution in [0, 0.1) is 11.8 Å². The molecule has 0 radical (unpaired) electrons. The third-order valence-corrected chi connectivity index (χ3v) is 7.68. The molecule has 2 aliphatic rings. The monoisotopic (exact) mass is 510 g/mol. The third kappa shape index (κ3) is 5.04. The Morgan fingerprint density at radius 2 is 1.69 bits per heavy atom. The van der Waals surface area contributed by atoms with E-state index in [0.29, 0.717) is 12.1 Å². The van der Waals surface area contributed by atoms with Crippen LogP contribution in [0.5, 0.6) is 0 Å². The minimum absolute atomic E-state index is 0.217. The van der Waals surface area contributed by atoms with Crippen LogP contribution in [-0.2, 0) is 17.4 Å². The summed E-state index contributed by atoms with van der Waals surface area (Å²) in [4.78, 5) is 26.6. The molecule has 1 unspecified atom stereocenters. The van der Waals surface area contributed by atoms with Gasteiger partial charge in [0.2, 0.25) is 5.91 Å². The van der Waals surface area contributed by atoms with Gasteiger partial charge in [-0.25, -0.2) is 0 Å². The Kier molecular flexibility index (Phi) is 6.26. The van der Waals surface area contributed by atoms with Gasteiger partial charge < -0.3 is 4.90 Å². The van der Waals surface area contributed by atoms with Crippen LogP contribution < -0.4 is 10.2 Å². The average Bonchev–Trinajstić information content (AvgIpc) is 3.15. The summed E-state index contributed by atoms with van der Waals surface area (Å²) in [5.41, 5.74) is 2.26. The first-order valence-electron chi connectivity index (χ1n) is 10.6. The number of anilines is 2. The lowest BCUT2D eigenvalue weighted by atomic mass is 10.1.